The van der Waals surface area contributed by atoms with Crippen molar-refractivity contribution in [2.45, 2.75) is 71.1 Å². The zero-order chi connectivity index (χ0) is 20.4. The fourth-order valence-electron chi connectivity index (χ4n) is 2.53. The molecule has 0 aliphatic rings. The van der Waals surface area contributed by atoms with Crippen LogP contribution in [0.1, 0.15) is 71.1 Å². The topological polar surface area (TPSA) is 105 Å². The van der Waals surface area contributed by atoms with Gasteiger partial charge in [0.05, 0.1) is 0 Å². The zero-order valence-corrected chi connectivity index (χ0v) is 17.9. The van der Waals surface area contributed by atoms with Crippen molar-refractivity contribution < 1.29 is 4.79 Å². The Labute approximate surface area is 168 Å². The molecule has 0 fully saturated rings. The van der Waals surface area contributed by atoms with Crippen LogP contribution in [-0.4, -0.2) is 51.7 Å². The van der Waals surface area contributed by atoms with Gasteiger partial charge >= 0.3 is 0 Å². The van der Waals surface area contributed by atoms with Crippen LogP contribution in [0.2, 0.25) is 0 Å². The number of rotatable bonds is 19. The molecule has 0 aromatic rings. The van der Waals surface area contributed by atoms with Gasteiger partial charge in [-0.2, -0.15) is 0 Å². The van der Waals surface area contributed by atoms with Gasteiger partial charge in [0, 0.05) is 45.8 Å². The van der Waals surface area contributed by atoms with Gasteiger partial charge in [-0.05, 0) is 12.5 Å². The normalized spacial score (nSPS) is 10.2. The number of unbranched alkanes of at least 4 members (excludes halogenated alkanes) is 9. The van der Waals surface area contributed by atoms with E-state index in [9.17, 15) is 4.79 Å². The van der Waals surface area contributed by atoms with Crippen LogP contribution in [-0.2, 0) is 4.79 Å². The Kier molecular flexibility index (Phi) is 28.5. The van der Waals surface area contributed by atoms with E-state index in [4.69, 9.17) is 11.5 Å². The molecule has 0 aliphatic carbocycles. The second-order valence-corrected chi connectivity index (χ2v) is 6.75. The highest BCUT2D eigenvalue weighted by Gasteiger charge is 1.94. The van der Waals surface area contributed by atoms with Gasteiger partial charge in [-0.15, -0.1) is 0 Å². The summed E-state index contributed by atoms with van der Waals surface area (Å²) < 4.78 is 0. The van der Waals surface area contributed by atoms with Crippen molar-refractivity contribution in [1.82, 2.24) is 16.0 Å². The van der Waals surface area contributed by atoms with Gasteiger partial charge in [0.25, 0.3) is 0 Å². The first-order valence-electron chi connectivity index (χ1n) is 10.9. The van der Waals surface area contributed by atoms with Crippen molar-refractivity contribution in [3.05, 3.63) is 12.7 Å². The van der Waals surface area contributed by atoms with Gasteiger partial charge in [0.1, 0.15) is 0 Å². The standard InChI is InChI=1S/C15H29NO.C6H18N4/c1-3-5-6-7-8-9-10-11-12-13-14-16-15(17)4-2;7-1-3-9-5-6-10-4-2-8/h4H,2-3,5-14H2,1H3,(H,16,17);9-10H,1-8H2. The van der Waals surface area contributed by atoms with Crippen molar-refractivity contribution in [3.63, 3.8) is 0 Å². The predicted molar refractivity (Wildman–Crippen MR) is 119 cm³/mol. The fourth-order valence-corrected chi connectivity index (χ4v) is 2.53. The predicted octanol–water partition coefficient (Wildman–Crippen LogP) is 2.29. The minimum absolute atomic E-state index is 0.0547. The molecule has 0 aromatic carbocycles. The Hall–Kier alpha value is -0.950. The smallest absolute Gasteiger partial charge is 0.243 e. The molecule has 0 unspecified atom stereocenters. The summed E-state index contributed by atoms with van der Waals surface area (Å²) in [6.45, 7) is 11.6. The van der Waals surface area contributed by atoms with Crippen LogP contribution in [0.5, 0.6) is 0 Å². The molecule has 7 N–H and O–H groups in total. The van der Waals surface area contributed by atoms with E-state index in [1.165, 1.54) is 63.9 Å². The molecule has 6 nitrogen and oxygen atoms in total. The fraction of sp³-hybridized carbons (Fsp3) is 0.857. The Morgan fingerprint density at radius 3 is 1.59 bits per heavy atom. The first kappa shape index (κ1) is 28.3. The van der Waals surface area contributed by atoms with E-state index in [0.717, 1.165) is 39.1 Å². The molecule has 0 saturated carbocycles. The third-order valence-corrected chi connectivity index (χ3v) is 4.14. The van der Waals surface area contributed by atoms with E-state index in [1.807, 2.05) is 0 Å². The second-order valence-electron chi connectivity index (χ2n) is 6.75. The van der Waals surface area contributed by atoms with Crippen LogP contribution in [0.25, 0.3) is 0 Å². The lowest BCUT2D eigenvalue weighted by molar-refractivity contribution is -0.116. The van der Waals surface area contributed by atoms with Crippen LogP contribution in [0.3, 0.4) is 0 Å². The summed E-state index contributed by atoms with van der Waals surface area (Å²) in [5.41, 5.74) is 10.5. The van der Waals surface area contributed by atoms with Gasteiger partial charge in [0.15, 0.2) is 0 Å². The molecule has 0 aliphatic heterocycles. The minimum atomic E-state index is -0.0547. The van der Waals surface area contributed by atoms with Crippen LogP contribution < -0.4 is 27.4 Å². The maximum atomic E-state index is 10.8. The van der Waals surface area contributed by atoms with Crippen LogP contribution in [0.4, 0.5) is 0 Å². The molecule has 0 radical (unpaired) electrons. The van der Waals surface area contributed by atoms with Crippen molar-refractivity contribution >= 4 is 5.91 Å². The first-order chi connectivity index (χ1) is 13.2. The summed E-state index contributed by atoms with van der Waals surface area (Å²) in [6.07, 6.45) is 14.6. The van der Waals surface area contributed by atoms with Crippen LogP contribution in [0.15, 0.2) is 12.7 Å². The van der Waals surface area contributed by atoms with Crippen molar-refractivity contribution in [2.75, 3.05) is 45.8 Å². The molecule has 0 heterocycles. The lowest BCUT2D eigenvalue weighted by Gasteiger charge is -2.03. The molecule has 0 atom stereocenters. The lowest BCUT2D eigenvalue weighted by atomic mass is 10.1. The first-order valence-corrected chi connectivity index (χ1v) is 10.9. The molecule has 0 rings (SSSR count). The highest BCUT2D eigenvalue weighted by Crippen LogP contribution is 2.10. The molecule has 0 saturated heterocycles. The summed E-state index contributed by atoms with van der Waals surface area (Å²) in [5.74, 6) is -0.0547. The summed E-state index contributed by atoms with van der Waals surface area (Å²) in [7, 11) is 0. The third kappa shape index (κ3) is 30.0. The lowest BCUT2D eigenvalue weighted by Crippen LogP contribution is -2.32. The number of hydrogen-bond donors (Lipinski definition) is 5. The molecule has 0 bridgehead atoms. The Morgan fingerprint density at radius 2 is 1.19 bits per heavy atom. The highest BCUT2D eigenvalue weighted by atomic mass is 16.1. The quantitative estimate of drug-likeness (QED) is 0.173. The molecule has 1 amide bonds. The SMILES string of the molecule is C=CC(=O)NCCCCCCCCCCCC.NCCNCCNCCN. The zero-order valence-electron chi connectivity index (χ0n) is 17.9. The van der Waals surface area contributed by atoms with Gasteiger partial charge < -0.3 is 27.4 Å². The highest BCUT2D eigenvalue weighted by molar-refractivity contribution is 5.86. The Bertz CT molecular complexity index is 292. The molecule has 162 valence electrons. The maximum absolute atomic E-state index is 10.8. The summed E-state index contributed by atoms with van der Waals surface area (Å²) in [6, 6.07) is 0. The average Bonchev–Trinajstić information content (AvgIpc) is 2.69. The van der Waals surface area contributed by atoms with Crippen molar-refractivity contribution in [3.8, 4) is 0 Å². The summed E-state index contributed by atoms with van der Waals surface area (Å²) in [5, 5.41) is 9.13. The third-order valence-electron chi connectivity index (χ3n) is 4.14. The van der Waals surface area contributed by atoms with E-state index in [-0.39, 0.29) is 5.91 Å². The molecule has 0 spiro atoms. The van der Waals surface area contributed by atoms with E-state index in [0.29, 0.717) is 13.1 Å². The van der Waals surface area contributed by atoms with Crippen LogP contribution in [0, 0.1) is 0 Å². The van der Waals surface area contributed by atoms with Crippen molar-refractivity contribution in [1.29, 1.82) is 0 Å². The number of carbonyl (C=O) groups is 1. The van der Waals surface area contributed by atoms with Gasteiger partial charge in [0.2, 0.25) is 5.91 Å². The number of amides is 1. The van der Waals surface area contributed by atoms with Gasteiger partial charge in [-0.3, -0.25) is 4.79 Å². The van der Waals surface area contributed by atoms with E-state index >= 15 is 0 Å². The van der Waals surface area contributed by atoms with E-state index < -0.39 is 0 Å². The van der Waals surface area contributed by atoms with Gasteiger partial charge in [-0.25, -0.2) is 0 Å². The van der Waals surface area contributed by atoms with Gasteiger partial charge in [-0.1, -0.05) is 71.3 Å². The Balaban J connectivity index is 0. The average molecular weight is 386 g/mol. The number of nitrogens with one attached hydrogen (secondary N) is 3. The largest absolute Gasteiger partial charge is 0.353 e. The molecular weight excluding hydrogens is 338 g/mol. The summed E-state index contributed by atoms with van der Waals surface area (Å²) in [4.78, 5) is 10.8. The molecule has 0 aromatic heterocycles. The number of nitrogens with two attached hydrogens (primary N) is 2. The molecular formula is C21H47N5O. The number of hydrogen-bond acceptors (Lipinski definition) is 5. The van der Waals surface area contributed by atoms with Crippen molar-refractivity contribution in [2.24, 2.45) is 11.5 Å². The second kappa shape index (κ2) is 27.3. The van der Waals surface area contributed by atoms with Crippen LogP contribution >= 0.6 is 0 Å². The molecule has 27 heavy (non-hydrogen) atoms. The maximum Gasteiger partial charge on any atom is 0.243 e. The van der Waals surface area contributed by atoms with E-state index in [2.05, 4.69) is 29.5 Å². The molecule has 6 heteroatoms. The van der Waals surface area contributed by atoms with E-state index in [1.54, 1.807) is 0 Å². The minimum Gasteiger partial charge on any atom is -0.353 e. The Morgan fingerprint density at radius 1 is 0.741 bits per heavy atom. The summed E-state index contributed by atoms with van der Waals surface area (Å²) >= 11 is 0. The number of carbonyl (C=O) groups excluding carboxylic acids is 1. The monoisotopic (exact) mass is 385 g/mol.